The second-order valence-electron chi connectivity index (χ2n) is 9.71. The number of carbonyl (C=O) groups is 2. The van der Waals surface area contributed by atoms with E-state index in [0.29, 0.717) is 18.7 Å². The van der Waals surface area contributed by atoms with E-state index in [4.69, 9.17) is 16.3 Å². The average Bonchev–Trinajstić information content (AvgIpc) is 2.95. The van der Waals surface area contributed by atoms with Gasteiger partial charge in [0.15, 0.2) is 0 Å². The number of nitrogens with one attached hydrogen (secondary N) is 1. The third-order valence-electron chi connectivity index (χ3n) is 6.31. The van der Waals surface area contributed by atoms with Gasteiger partial charge in [0.05, 0.1) is 22.7 Å². The molecule has 8 nitrogen and oxygen atoms in total. The van der Waals surface area contributed by atoms with E-state index in [0.717, 1.165) is 9.87 Å². The molecule has 0 spiro atoms. The fourth-order valence-corrected chi connectivity index (χ4v) is 5.90. The second kappa shape index (κ2) is 14.2. The number of rotatable bonds is 13. The fraction of sp³-hybridized carbons (Fsp3) is 0.333. The molecule has 0 aliphatic heterocycles. The lowest BCUT2D eigenvalue weighted by Gasteiger charge is -2.33. The maximum Gasteiger partial charge on any atom is 0.264 e. The number of hydrogen-bond acceptors (Lipinski definition) is 5. The van der Waals surface area contributed by atoms with E-state index in [2.05, 4.69) is 5.32 Å². The number of halogens is 1. The smallest absolute Gasteiger partial charge is 0.264 e. The van der Waals surface area contributed by atoms with Gasteiger partial charge in [0.25, 0.3) is 10.0 Å². The summed E-state index contributed by atoms with van der Waals surface area (Å²) in [7, 11) is -2.61. The molecule has 0 aromatic heterocycles. The Morgan fingerprint density at radius 3 is 2.15 bits per heavy atom. The highest BCUT2D eigenvalue weighted by molar-refractivity contribution is 7.92. The molecule has 3 rings (SSSR count). The maximum atomic E-state index is 14.1. The second-order valence-corrected chi connectivity index (χ2v) is 12.0. The number of anilines is 1. The third-order valence-corrected chi connectivity index (χ3v) is 8.41. The first kappa shape index (κ1) is 31.0. The number of methoxy groups -OCH3 is 1. The van der Waals surface area contributed by atoms with Crippen molar-refractivity contribution in [3.8, 4) is 5.75 Å². The number of hydrogen-bond donors (Lipinski definition) is 1. The van der Waals surface area contributed by atoms with Crippen LogP contribution in [-0.4, -0.2) is 51.4 Å². The van der Waals surface area contributed by atoms with E-state index < -0.39 is 28.5 Å². The number of amides is 2. The molecule has 0 saturated carbocycles. The van der Waals surface area contributed by atoms with Crippen molar-refractivity contribution in [2.45, 2.75) is 44.7 Å². The first-order valence-electron chi connectivity index (χ1n) is 13.1. The number of sulfonamides is 1. The molecule has 0 radical (unpaired) electrons. The van der Waals surface area contributed by atoms with Gasteiger partial charge in [-0.1, -0.05) is 74.8 Å². The van der Waals surface area contributed by atoms with Gasteiger partial charge in [0, 0.05) is 13.1 Å². The molecule has 0 aliphatic carbocycles. The number of nitrogens with zero attached hydrogens (tertiary/aromatic N) is 2. The zero-order chi connectivity index (χ0) is 29.3. The summed E-state index contributed by atoms with van der Waals surface area (Å²) in [6, 6.07) is 20.7. The van der Waals surface area contributed by atoms with Crippen molar-refractivity contribution >= 4 is 39.1 Å². The molecule has 1 N–H and O–H groups in total. The predicted molar refractivity (Wildman–Crippen MR) is 158 cm³/mol. The molecule has 3 aromatic carbocycles. The Balaban J connectivity index is 2.04. The Hall–Kier alpha value is -3.56. The summed E-state index contributed by atoms with van der Waals surface area (Å²) in [4.78, 5) is 28.8. The van der Waals surface area contributed by atoms with Crippen LogP contribution in [0.2, 0.25) is 5.02 Å². The summed E-state index contributed by atoms with van der Waals surface area (Å²) in [6.45, 7) is 5.78. The molecule has 10 heteroatoms. The highest BCUT2D eigenvalue weighted by Gasteiger charge is 2.34. The van der Waals surface area contributed by atoms with Gasteiger partial charge in [0.1, 0.15) is 18.3 Å². The Morgan fingerprint density at radius 2 is 1.57 bits per heavy atom. The van der Waals surface area contributed by atoms with E-state index in [9.17, 15) is 18.0 Å². The zero-order valence-electron chi connectivity index (χ0n) is 23.2. The summed E-state index contributed by atoms with van der Waals surface area (Å²) in [5.74, 6) is 0.0381. The van der Waals surface area contributed by atoms with Crippen molar-refractivity contribution < 1.29 is 22.7 Å². The van der Waals surface area contributed by atoms with Crippen molar-refractivity contribution in [1.82, 2.24) is 10.2 Å². The summed E-state index contributed by atoms with van der Waals surface area (Å²) < 4.78 is 33.9. The minimum atomic E-state index is -4.18. The minimum Gasteiger partial charge on any atom is -0.497 e. The van der Waals surface area contributed by atoms with Gasteiger partial charge >= 0.3 is 0 Å². The standard InChI is InChI=1S/C30H36ClN3O5S/c1-5-27(30(36)32-19-22(2)3)33(20-23-15-17-24(39-4)18-16-23)29(35)21-34(28-14-10-9-13-26(28)31)40(37,38)25-11-7-6-8-12-25/h6-18,22,27H,5,19-21H2,1-4H3,(H,32,36)/t27-/m1/s1. The van der Waals surface area contributed by atoms with Crippen molar-refractivity contribution in [3.63, 3.8) is 0 Å². The molecule has 0 unspecified atom stereocenters. The number of benzene rings is 3. The van der Waals surface area contributed by atoms with E-state index in [-0.39, 0.29) is 34.0 Å². The van der Waals surface area contributed by atoms with Crippen LogP contribution in [0, 0.1) is 5.92 Å². The molecule has 2 amide bonds. The Kier molecular flexibility index (Phi) is 11.0. The quantitative estimate of drug-likeness (QED) is 0.300. The van der Waals surface area contributed by atoms with E-state index in [1.807, 2.05) is 32.9 Å². The lowest BCUT2D eigenvalue weighted by molar-refractivity contribution is -0.140. The van der Waals surface area contributed by atoms with Crippen LogP contribution >= 0.6 is 11.6 Å². The summed E-state index contributed by atoms with van der Waals surface area (Å²) >= 11 is 6.44. The van der Waals surface area contributed by atoms with Gasteiger partial charge in [-0.25, -0.2) is 8.42 Å². The van der Waals surface area contributed by atoms with Crippen LogP contribution in [0.25, 0.3) is 0 Å². The molecule has 40 heavy (non-hydrogen) atoms. The molecule has 3 aromatic rings. The topological polar surface area (TPSA) is 96.0 Å². The maximum absolute atomic E-state index is 14.1. The first-order chi connectivity index (χ1) is 19.1. The lowest BCUT2D eigenvalue weighted by Crippen LogP contribution is -2.52. The summed E-state index contributed by atoms with van der Waals surface area (Å²) in [5.41, 5.74) is 0.933. The van der Waals surface area contributed by atoms with Crippen LogP contribution in [-0.2, 0) is 26.2 Å². The predicted octanol–water partition coefficient (Wildman–Crippen LogP) is 5.12. The van der Waals surface area contributed by atoms with Crippen LogP contribution in [0.5, 0.6) is 5.75 Å². The van der Waals surface area contributed by atoms with Gasteiger partial charge in [-0.2, -0.15) is 0 Å². The number of para-hydroxylation sites is 1. The molecule has 0 fully saturated rings. The van der Waals surface area contributed by atoms with Crippen molar-refractivity contribution in [2.75, 3.05) is 24.5 Å². The Bertz CT molecular complexity index is 1380. The van der Waals surface area contributed by atoms with Gasteiger partial charge in [-0.3, -0.25) is 13.9 Å². The monoisotopic (exact) mass is 585 g/mol. The zero-order valence-corrected chi connectivity index (χ0v) is 24.8. The first-order valence-corrected chi connectivity index (χ1v) is 14.9. The van der Waals surface area contributed by atoms with E-state index >= 15 is 0 Å². The molecule has 214 valence electrons. The highest BCUT2D eigenvalue weighted by atomic mass is 35.5. The molecular formula is C30H36ClN3O5S. The summed E-state index contributed by atoms with van der Waals surface area (Å²) in [5, 5.41) is 3.10. The molecule has 0 aliphatic rings. The van der Waals surface area contributed by atoms with Gasteiger partial charge < -0.3 is 15.0 Å². The van der Waals surface area contributed by atoms with Gasteiger partial charge in [-0.05, 0) is 54.3 Å². The molecule has 0 bridgehead atoms. The van der Waals surface area contributed by atoms with Crippen LogP contribution in [0.15, 0.2) is 83.8 Å². The number of ether oxygens (including phenoxy) is 1. The largest absolute Gasteiger partial charge is 0.497 e. The van der Waals surface area contributed by atoms with E-state index in [1.165, 1.54) is 17.0 Å². The lowest BCUT2D eigenvalue weighted by atomic mass is 10.1. The molecular weight excluding hydrogens is 550 g/mol. The number of carbonyl (C=O) groups excluding carboxylic acids is 2. The molecule has 0 heterocycles. The van der Waals surface area contributed by atoms with E-state index in [1.54, 1.807) is 61.7 Å². The van der Waals surface area contributed by atoms with Crippen LogP contribution in [0.4, 0.5) is 5.69 Å². The normalized spacial score (nSPS) is 12.1. The van der Waals surface area contributed by atoms with Crippen LogP contribution < -0.4 is 14.4 Å². The Labute approximate surface area is 241 Å². The minimum absolute atomic E-state index is 0.0196. The SMILES string of the molecule is CC[C@H](C(=O)NCC(C)C)N(Cc1ccc(OC)cc1)C(=O)CN(c1ccccc1Cl)S(=O)(=O)c1ccccc1. The molecule has 1 atom stereocenters. The fourth-order valence-electron chi connectivity index (χ4n) is 4.16. The summed E-state index contributed by atoms with van der Waals surface area (Å²) in [6.07, 6.45) is 0.337. The van der Waals surface area contributed by atoms with Gasteiger partial charge in [-0.15, -0.1) is 0 Å². The third kappa shape index (κ3) is 7.76. The van der Waals surface area contributed by atoms with Crippen LogP contribution in [0.3, 0.4) is 0 Å². The molecule has 0 saturated heterocycles. The van der Waals surface area contributed by atoms with Gasteiger partial charge in [0.2, 0.25) is 11.8 Å². The Morgan fingerprint density at radius 1 is 0.950 bits per heavy atom. The average molecular weight is 586 g/mol. The van der Waals surface area contributed by atoms with Crippen molar-refractivity contribution in [1.29, 1.82) is 0 Å². The van der Waals surface area contributed by atoms with Crippen molar-refractivity contribution in [2.24, 2.45) is 5.92 Å². The van der Waals surface area contributed by atoms with Crippen LogP contribution in [0.1, 0.15) is 32.8 Å². The highest BCUT2D eigenvalue weighted by Crippen LogP contribution is 2.31. The van der Waals surface area contributed by atoms with Crippen molar-refractivity contribution in [3.05, 3.63) is 89.4 Å².